The van der Waals surface area contributed by atoms with Gasteiger partial charge >= 0.3 is 6.18 Å². The molecule has 0 N–H and O–H groups in total. The number of hydrogen-bond donors (Lipinski definition) is 0. The van der Waals surface area contributed by atoms with Crippen molar-refractivity contribution in [1.29, 1.82) is 0 Å². The molecule has 0 amide bonds. The first-order chi connectivity index (χ1) is 15.1. The van der Waals surface area contributed by atoms with Crippen LogP contribution in [-0.2, 0) is 35.9 Å². The molecule has 1 aromatic heterocycles. The Balaban J connectivity index is 2.03. The topological polar surface area (TPSA) is 95.7 Å². The van der Waals surface area contributed by atoms with Crippen molar-refractivity contribution in [3.63, 3.8) is 0 Å². The lowest BCUT2D eigenvalue weighted by Crippen LogP contribution is -2.43. The Morgan fingerprint density at radius 1 is 1.24 bits per heavy atom. The standard InChI is InChI=1S/C22H34F3NO6S/c1-15(31-19-9-6-7-11-30-19)20(2,3)17-13-16(32-26-17)14-18(27)21(4,5)33(28,29)12-8-10-22(23,24)25/h13,15,19H,6-12,14H2,1-5H3/t15-,19?/m0/s1. The van der Waals surface area contributed by atoms with Crippen molar-refractivity contribution in [2.45, 2.75) is 102 Å². The highest BCUT2D eigenvalue weighted by molar-refractivity contribution is 7.93. The predicted molar refractivity (Wildman–Crippen MR) is 116 cm³/mol. The van der Waals surface area contributed by atoms with Crippen LogP contribution in [0.4, 0.5) is 13.2 Å². The second-order valence-corrected chi connectivity index (χ2v) is 12.3. The van der Waals surface area contributed by atoms with Gasteiger partial charge in [-0.25, -0.2) is 8.42 Å². The molecule has 0 bridgehead atoms. The highest BCUT2D eigenvalue weighted by atomic mass is 32.2. The van der Waals surface area contributed by atoms with Crippen LogP contribution in [0.2, 0.25) is 0 Å². The SMILES string of the molecule is C[C@H](OC1CCCCO1)C(C)(C)c1cc(CC(=O)C(C)(C)S(=O)(=O)CCCC(F)(F)F)on1. The molecular weight excluding hydrogens is 463 g/mol. The van der Waals surface area contributed by atoms with Gasteiger partial charge in [-0.15, -0.1) is 0 Å². The maximum atomic E-state index is 12.8. The van der Waals surface area contributed by atoms with Gasteiger partial charge in [0.05, 0.1) is 24.0 Å². The van der Waals surface area contributed by atoms with Crippen LogP contribution < -0.4 is 0 Å². The van der Waals surface area contributed by atoms with E-state index in [1.165, 1.54) is 13.8 Å². The number of Topliss-reactive ketones (excluding diaryl/α,β-unsaturated/α-hetero) is 1. The molecule has 0 aliphatic carbocycles. The first kappa shape index (κ1) is 27.8. The average molecular weight is 498 g/mol. The minimum Gasteiger partial charge on any atom is -0.361 e. The Labute approximate surface area is 193 Å². The molecule has 0 saturated carbocycles. The van der Waals surface area contributed by atoms with E-state index in [9.17, 15) is 26.4 Å². The molecule has 1 saturated heterocycles. The van der Waals surface area contributed by atoms with Crippen molar-refractivity contribution >= 4 is 15.6 Å². The summed E-state index contributed by atoms with van der Waals surface area (Å²) in [6.07, 6.45) is -4.31. The van der Waals surface area contributed by atoms with E-state index in [1.54, 1.807) is 6.07 Å². The molecule has 0 aromatic carbocycles. The number of nitrogens with zero attached hydrogens (tertiary/aromatic N) is 1. The van der Waals surface area contributed by atoms with E-state index < -0.39 is 50.6 Å². The second-order valence-electron chi connectivity index (χ2n) is 9.62. The van der Waals surface area contributed by atoms with Gasteiger partial charge in [-0.05, 0) is 46.5 Å². The zero-order valence-corrected chi connectivity index (χ0v) is 20.6. The quantitative estimate of drug-likeness (QED) is 0.443. The van der Waals surface area contributed by atoms with Gasteiger partial charge in [0, 0.05) is 24.5 Å². The molecule has 0 radical (unpaired) electrons. The third kappa shape index (κ3) is 7.26. The van der Waals surface area contributed by atoms with Gasteiger partial charge in [-0.1, -0.05) is 19.0 Å². The third-order valence-electron chi connectivity index (χ3n) is 6.39. The fourth-order valence-corrected chi connectivity index (χ4v) is 4.84. The van der Waals surface area contributed by atoms with Crippen molar-refractivity contribution in [2.24, 2.45) is 0 Å². The lowest BCUT2D eigenvalue weighted by molar-refractivity contribution is -0.196. The van der Waals surface area contributed by atoms with Crippen molar-refractivity contribution in [1.82, 2.24) is 5.16 Å². The van der Waals surface area contributed by atoms with E-state index in [0.29, 0.717) is 12.3 Å². The van der Waals surface area contributed by atoms with Gasteiger partial charge in [-0.2, -0.15) is 13.2 Å². The number of carbonyl (C=O) groups is 1. The number of rotatable bonds is 11. The molecule has 2 atom stereocenters. The van der Waals surface area contributed by atoms with Crippen molar-refractivity contribution in [3.8, 4) is 0 Å². The molecule has 190 valence electrons. The Hall–Kier alpha value is -1.46. The van der Waals surface area contributed by atoms with Gasteiger partial charge in [0.2, 0.25) is 0 Å². The van der Waals surface area contributed by atoms with Gasteiger partial charge in [0.25, 0.3) is 0 Å². The Morgan fingerprint density at radius 3 is 2.48 bits per heavy atom. The van der Waals surface area contributed by atoms with E-state index in [0.717, 1.165) is 19.3 Å². The number of carbonyl (C=O) groups excluding carboxylic acids is 1. The molecule has 2 rings (SSSR count). The maximum absolute atomic E-state index is 12.8. The highest BCUT2D eigenvalue weighted by Crippen LogP contribution is 2.32. The predicted octanol–water partition coefficient (Wildman–Crippen LogP) is 4.53. The van der Waals surface area contributed by atoms with Crippen LogP contribution in [0.5, 0.6) is 0 Å². The monoisotopic (exact) mass is 497 g/mol. The zero-order valence-electron chi connectivity index (χ0n) is 19.8. The summed E-state index contributed by atoms with van der Waals surface area (Å²) in [5.41, 5.74) is -0.0374. The third-order valence-corrected chi connectivity index (χ3v) is 9.00. The minimum atomic E-state index is -4.45. The van der Waals surface area contributed by atoms with Crippen LogP contribution >= 0.6 is 0 Å². The van der Waals surface area contributed by atoms with E-state index in [4.69, 9.17) is 14.0 Å². The molecule has 33 heavy (non-hydrogen) atoms. The summed E-state index contributed by atoms with van der Waals surface area (Å²) in [6.45, 7) is 8.80. The number of ether oxygens (including phenoxy) is 2. The van der Waals surface area contributed by atoms with Gasteiger partial charge in [0.15, 0.2) is 21.9 Å². The Morgan fingerprint density at radius 2 is 1.91 bits per heavy atom. The van der Waals surface area contributed by atoms with Gasteiger partial charge in [-0.3, -0.25) is 4.79 Å². The summed E-state index contributed by atoms with van der Waals surface area (Å²) in [7, 11) is -4.10. The van der Waals surface area contributed by atoms with Crippen LogP contribution in [0, 0.1) is 0 Å². The van der Waals surface area contributed by atoms with E-state index in [-0.39, 0.29) is 24.6 Å². The molecule has 1 aliphatic rings. The summed E-state index contributed by atoms with van der Waals surface area (Å²) in [5.74, 6) is -1.21. The van der Waals surface area contributed by atoms with Crippen LogP contribution in [-0.4, -0.2) is 55.0 Å². The minimum absolute atomic E-state index is 0.183. The molecule has 2 heterocycles. The first-order valence-corrected chi connectivity index (χ1v) is 12.8. The first-order valence-electron chi connectivity index (χ1n) is 11.1. The van der Waals surface area contributed by atoms with Crippen LogP contribution in [0.1, 0.15) is 78.2 Å². The highest BCUT2D eigenvalue weighted by Gasteiger charge is 2.42. The zero-order chi connectivity index (χ0) is 25.1. The summed E-state index contributed by atoms with van der Waals surface area (Å²) in [5, 5.41) is 4.05. The summed E-state index contributed by atoms with van der Waals surface area (Å²) >= 11 is 0. The number of aromatic nitrogens is 1. The van der Waals surface area contributed by atoms with E-state index in [2.05, 4.69) is 5.16 Å². The molecule has 1 unspecified atom stereocenters. The summed E-state index contributed by atoms with van der Waals surface area (Å²) < 4.78 is 77.3. The molecule has 1 aromatic rings. The fourth-order valence-electron chi connectivity index (χ4n) is 3.39. The number of ketones is 1. The van der Waals surface area contributed by atoms with Crippen LogP contribution in [0.15, 0.2) is 10.6 Å². The van der Waals surface area contributed by atoms with E-state index >= 15 is 0 Å². The second kappa shape index (κ2) is 10.4. The van der Waals surface area contributed by atoms with Gasteiger partial charge in [0.1, 0.15) is 10.5 Å². The molecule has 1 aliphatic heterocycles. The molecule has 1 fully saturated rings. The number of alkyl halides is 3. The molecule has 7 nitrogen and oxygen atoms in total. The lowest BCUT2D eigenvalue weighted by Gasteiger charge is -2.34. The van der Waals surface area contributed by atoms with Gasteiger partial charge < -0.3 is 14.0 Å². The largest absolute Gasteiger partial charge is 0.389 e. The average Bonchev–Trinajstić information content (AvgIpc) is 3.16. The Bertz CT molecular complexity index is 901. The number of sulfone groups is 1. The molecule has 11 heteroatoms. The number of halogens is 3. The summed E-state index contributed by atoms with van der Waals surface area (Å²) in [4.78, 5) is 12.8. The maximum Gasteiger partial charge on any atom is 0.389 e. The van der Waals surface area contributed by atoms with Crippen molar-refractivity contribution < 1.29 is 40.4 Å². The smallest absolute Gasteiger partial charge is 0.361 e. The van der Waals surface area contributed by atoms with Crippen LogP contribution in [0.3, 0.4) is 0 Å². The molecule has 0 spiro atoms. The summed E-state index contributed by atoms with van der Waals surface area (Å²) in [6, 6.07) is 1.59. The van der Waals surface area contributed by atoms with E-state index in [1.807, 2.05) is 20.8 Å². The molecular formula is C22H34F3NO6S. The lowest BCUT2D eigenvalue weighted by atomic mass is 9.83. The van der Waals surface area contributed by atoms with Crippen molar-refractivity contribution in [2.75, 3.05) is 12.4 Å². The van der Waals surface area contributed by atoms with Crippen molar-refractivity contribution in [3.05, 3.63) is 17.5 Å². The Kier molecular flexibility index (Phi) is 8.78. The number of hydrogen-bond acceptors (Lipinski definition) is 7. The van der Waals surface area contributed by atoms with Crippen LogP contribution in [0.25, 0.3) is 0 Å². The normalized spacial score (nSPS) is 19.5. The fraction of sp³-hybridized carbons (Fsp3) is 0.818.